The van der Waals surface area contributed by atoms with Crippen molar-refractivity contribution in [3.63, 3.8) is 0 Å². The summed E-state index contributed by atoms with van der Waals surface area (Å²) in [6, 6.07) is 1.97. The number of methoxy groups -OCH3 is 1. The van der Waals surface area contributed by atoms with Gasteiger partial charge < -0.3 is 4.74 Å². The van der Waals surface area contributed by atoms with Gasteiger partial charge in [0.05, 0.1) is 18.4 Å². The molecule has 1 aromatic carbocycles. The maximum absolute atomic E-state index is 12.4. The van der Waals surface area contributed by atoms with Gasteiger partial charge in [0.1, 0.15) is 0 Å². The van der Waals surface area contributed by atoms with Crippen LogP contribution in [0, 0.1) is 27.7 Å². The molecule has 0 unspecified atom stereocenters. The molecule has 0 amide bonds. The standard InChI is InChI=1S/C14H21NO4S/c1-9-8-10(2)12(4)14(11(9)3)20(17,18)15-7-6-13(16)19-5/h8,15H,6-7H2,1-5H3. The summed E-state index contributed by atoms with van der Waals surface area (Å²) in [5.41, 5.74) is 3.33. The van der Waals surface area contributed by atoms with E-state index in [0.717, 1.165) is 22.3 Å². The van der Waals surface area contributed by atoms with Crippen LogP contribution in [0.4, 0.5) is 0 Å². The molecule has 1 aromatic rings. The summed E-state index contributed by atoms with van der Waals surface area (Å²) in [4.78, 5) is 11.3. The van der Waals surface area contributed by atoms with E-state index in [9.17, 15) is 13.2 Å². The first-order valence-corrected chi connectivity index (χ1v) is 7.83. The van der Waals surface area contributed by atoms with E-state index < -0.39 is 16.0 Å². The first kappa shape index (κ1) is 16.7. The number of hydrogen-bond donors (Lipinski definition) is 1. The number of sulfonamides is 1. The van der Waals surface area contributed by atoms with Crippen molar-refractivity contribution in [1.82, 2.24) is 4.72 Å². The number of esters is 1. The number of nitrogens with one attached hydrogen (secondary N) is 1. The third-order valence-electron chi connectivity index (χ3n) is 3.41. The third-order valence-corrected chi connectivity index (χ3v) is 5.15. The second kappa shape index (κ2) is 6.37. The molecule has 0 atom stereocenters. The zero-order valence-corrected chi connectivity index (χ0v) is 13.3. The Morgan fingerprint density at radius 3 is 2.10 bits per heavy atom. The number of benzene rings is 1. The number of aryl methyl sites for hydroxylation is 2. The zero-order valence-electron chi connectivity index (χ0n) is 12.5. The molecule has 6 heteroatoms. The lowest BCUT2D eigenvalue weighted by atomic mass is 10.0. The van der Waals surface area contributed by atoms with Crippen molar-refractivity contribution in [3.05, 3.63) is 28.3 Å². The number of carbonyl (C=O) groups excluding carboxylic acids is 1. The lowest BCUT2D eigenvalue weighted by Gasteiger charge is -2.16. The van der Waals surface area contributed by atoms with Crippen LogP contribution in [0.25, 0.3) is 0 Å². The van der Waals surface area contributed by atoms with E-state index in [1.165, 1.54) is 7.11 Å². The number of rotatable bonds is 5. The van der Waals surface area contributed by atoms with Crippen LogP contribution in [0.1, 0.15) is 28.7 Å². The quantitative estimate of drug-likeness (QED) is 0.841. The summed E-state index contributed by atoms with van der Waals surface area (Å²) in [5.74, 6) is -0.443. The Bertz CT molecular complexity index is 594. The van der Waals surface area contributed by atoms with Crippen molar-refractivity contribution in [2.45, 2.75) is 39.0 Å². The molecule has 0 radical (unpaired) electrons. The van der Waals surface area contributed by atoms with Crippen LogP contribution in [-0.4, -0.2) is 28.0 Å². The van der Waals surface area contributed by atoms with Crippen molar-refractivity contribution < 1.29 is 17.9 Å². The Balaban J connectivity index is 3.07. The molecule has 20 heavy (non-hydrogen) atoms. The predicted molar refractivity (Wildman–Crippen MR) is 77.2 cm³/mol. The van der Waals surface area contributed by atoms with E-state index >= 15 is 0 Å². The van der Waals surface area contributed by atoms with Gasteiger partial charge in [-0.2, -0.15) is 0 Å². The van der Waals surface area contributed by atoms with Crippen molar-refractivity contribution >= 4 is 16.0 Å². The number of ether oxygens (including phenoxy) is 1. The molecular weight excluding hydrogens is 278 g/mol. The van der Waals surface area contributed by atoms with Crippen LogP contribution in [0.2, 0.25) is 0 Å². The molecule has 0 bridgehead atoms. The highest BCUT2D eigenvalue weighted by atomic mass is 32.2. The maximum Gasteiger partial charge on any atom is 0.306 e. The van der Waals surface area contributed by atoms with E-state index in [-0.39, 0.29) is 13.0 Å². The molecule has 0 heterocycles. The van der Waals surface area contributed by atoms with Crippen molar-refractivity contribution in [2.75, 3.05) is 13.7 Å². The molecule has 0 aliphatic heterocycles. The highest BCUT2D eigenvalue weighted by molar-refractivity contribution is 7.89. The first-order valence-electron chi connectivity index (χ1n) is 6.34. The van der Waals surface area contributed by atoms with Gasteiger partial charge in [-0.1, -0.05) is 6.07 Å². The fraction of sp³-hybridized carbons (Fsp3) is 0.500. The Hall–Kier alpha value is -1.40. The highest BCUT2D eigenvalue weighted by Gasteiger charge is 2.21. The lowest BCUT2D eigenvalue weighted by Crippen LogP contribution is -2.28. The minimum atomic E-state index is -3.63. The lowest BCUT2D eigenvalue weighted by molar-refractivity contribution is -0.140. The molecule has 0 aliphatic carbocycles. The van der Waals surface area contributed by atoms with Gasteiger partial charge in [-0.25, -0.2) is 13.1 Å². The topological polar surface area (TPSA) is 72.5 Å². The minimum Gasteiger partial charge on any atom is -0.469 e. The molecular formula is C14H21NO4S. The average molecular weight is 299 g/mol. The summed E-state index contributed by atoms with van der Waals surface area (Å²) in [6.07, 6.45) is 0.0125. The molecule has 5 nitrogen and oxygen atoms in total. The zero-order chi connectivity index (χ0) is 15.5. The summed E-state index contributed by atoms with van der Waals surface area (Å²) in [7, 11) is -2.36. The monoisotopic (exact) mass is 299 g/mol. The molecule has 0 spiro atoms. The molecule has 1 N–H and O–H groups in total. The second-order valence-electron chi connectivity index (χ2n) is 4.81. The van der Waals surface area contributed by atoms with Gasteiger partial charge in [-0.3, -0.25) is 4.79 Å². The van der Waals surface area contributed by atoms with Gasteiger partial charge in [0, 0.05) is 6.54 Å². The van der Waals surface area contributed by atoms with E-state index in [1.54, 1.807) is 13.8 Å². The summed E-state index contributed by atoms with van der Waals surface area (Å²) >= 11 is 0. The van der Waals surface area contributed by atoms with Gasteiger partial charge in [-0.05, 0) is 49.9 Å². The van der Waals surface area contributed by atoms with Crippen molar-refractivity contribution in [1.29, 1.82) is 0 Å². The van der Waals surface area contributed by atoms with Gasteiger partial charge in [0.15, 0.2) is 0 Å². The third kappa shape index (κ3) is 3.58. The van der Waals surface area contributed by atoms with Crippen molar-refractivity contribution in [3.8, 4) is 0 Å². The van der Waals surface area contributed by atoms with Gasteiger partial charge >= 0.3 is 5.97 Å². The number of carbonyl (C=O) groups is 1. The molecule has 0 saturated carbocycles. The van der Waals surface area contributed by atoms with Crippen LogP contribution in [0.3, 0.4) is 0 Å². The van der Waals surface area contributed by atoms with Gasteiger partial charge in [0.25, 0.3) is 0 Å². The Morgan fingerprint density at radius 1 is 1.15 bits per heavy atom. The smallest absolute Gasteiger partial charge is 0.306 e. The molecule has 1 rings (SSSR count). The fourth-order valence-electron chi connectivity index (χ4n) is 2.05. The van der Waals surface area contributed by atoms with Crippen molar-refractivity contribution in [2.24, 2.45) is 0 Å². The van der Waals surface area contributed by atoms with Crippen LogP contribution in [0.5, 0.6) is 0 Å². The molecule has 112 valence electrons. The molecule has 0 fully saturated rings. The summed E-state index contributed by atoms with van der Waals surface area (Å²) in [6.45, 7) is 7.37. The minimum absolute atomic E-state index is 0.0125. The largest absolute Gasteiger partial charge is 0.469 e. The first-order chi connectivity index (χ1) is 9.20. The van der Waals surface area contributed by atoms with Crippen LogP contribution in [-0.2, 0) is 19.6 Å². The Kier molecular flexibility index (Phi) is 5.30. The van der Waals surface area contributed by atoms with Crippen LogP contribution >= 0.6 is 0 Å². The maximum atomic E-state index is 12.4. The normalized spacial score (nSPS) is 11.4. The van der Waals surface area contributed by atoms with E-state index in [4.69, 9.17) is 0 Å². The van der Waals surface area contributed by atoms with Crippen LogP contribution in [0.15, 0.2) is 11.0 Å². The van der Waals surface area contributed by atoms with Crippen LogP contribution < -0.4 is 4.72 Å². The summed E-state index contributed by atoms with van der Waals surface area (Å²) < 4.78 is 31.7. The molecule has 0 aliphatic rings. The predicted octanol–water partition coefficient (Wildman–Crippen LogP) is 1.76. The molecule has 0 aromatic heterocycles. The average Bonchev–Trinajstić information content (AvgIpc) is 2.36. The summed E-state index contributed by atoms with van der Waals surface area (Å²) in [5, 5.41) is 0. The Labute approximate surface area is 120 Å². The SMILES string of the molecule is COC(=O)CCNS(=O)(=O)c1c(C)c(C)cc(C)c1C. The van der Waals surface area contributed by atoms with E-state index in [2.05, 4.69) is 9.46 Å². The van der Waals surface area contributed by atoms with Gasteiger partial charge in [-0.15, -0.1) is 0 Å². The Morgan fingerprint density at radius 2 is 1.65 bits per heavy atom. The van der Waals surface area contributed by atoms with Gasteiger partial charge in [0.2, 0.25) is 10.0 Å². The van der Waals surface area contributed by atoms with E-state index in [0.29, 0.717) is 4.90 Å². The number of hydrogen-bond acceptors (Lipinski definition) is 4. The van der Waals surface area contributed by atoms with E-state index in [1.807, 2.05) is 19.9 Å². The fourth-order valence-corrected chi connectivity index (χ4v) is 3.69. The molecule has 0 saturated heterocycles. The second-order valence-corrected chi connectivity index (χ2v) is 6.52. The highest BCUT2D eigenvalue weighted by Crippen LogP contribution is 2.25.